The SMILES string of the molecule is c1ccc(N(c2ccc3cc4c(cc3c2)C2(c3ccccc3-c3ccccc32)c2cc3cc(N(c5ccccc5)c5cccc6c5sc5ccccc56)ccc3cc2-4)c2cccc3c2sc2ccccc23)cc1. The number of rotatable bonds is 6. The van der Waals surface area contributed by atoms with Crippen LogP contribution in [-0.2, 0) is 5.41 Å². The molecule has 12 aromatic carbocycles. The summed E-state index contributed by atoms with van der Waals surface area (Å²) in [6.07, 6.45) is 0. The molecule has 0 saturated heterocycles. The fourth-order valence-electron chi connectivity index (χ4n) is 12.7. The highest BCUT2D eigenvalue weighted by Gasteiger charge is 2.52. The summed E-state index contributed by atoms with van der Waals surface area (Å²) in [7, 11) is 0. The molecule has 0 bridgehead atoms. The van der Waals surface area contributed by atoms with E-state index < -0.39 is 5.41 Å². The molecule has 2 aliphatic rings. The van der Waals surface area contributed by atoms with Gasteiger partial charge in [0.05, 0.1) is 26.2 Å². The number of benzene rings is 12. The lowest BCUT2D eigenvalue weighted by molar-refractivity contribution is 0.796. The van der Waals surface area contributed by atoms with Crippen molar-refractivity contribution in [2.24, 2.45) is 0 Å². The highest BCUT2D eigenvalue weighted by Crippen LogP contribution is 2.64. The predicted molar refractivity (Wildman–Crippen MR) is 313 cm³/mol. The summed E-state index contributed by atoms with van der Waals surface area (Å²) in [5.74, 6) is 0. The minimum absolute atomic E-state index is 0.532. The normalized spacial score (nSPS) is 13.0. The van der Waals surface area contributed by atoms with Gasteiger partial charge in [0, 0.05) is 53.7 Å². The summed E-state index contributed by atoms with van der Waals surface area (Å²) < 4.78 is 5.18. The van der Waals surface area contributed by atoms with Gasteiger partial charge in [0.1, 0.15) is 0 Å². The van der Waals surface area contributed by atoms with Crippen LogP contribution in [0.1, 0.15) is 22.3 Å². The Labute approximate surface area is 430 Å². The standard InChI is InChI=1S/C69H42N2S2/c1-3-17-47(18-4-1)70(63-29-15-25-55-53-23-9-13-31-65(53)72-67(55)63)49-35-33-43-39-57-58-40-44-34-36-50(71(48-19-5-2-6-20-48)64-30-16-26-56-54-24-10-14-32-66(54)73-68(56)64)38-46(44)42-62(58)69(61(57)41-45(43)37-49)59-27-11-7-21-51(59)52-22-8-12-28-60(52)69/h1-42H. The number of thiophene rings is 2. The van der Waals surface area contributed by atoms with Gasteiger partial charge in [-0.1, -0.05) is 158 Å². The zero-order valence-electron chi connectivity index (χ0n) is 39.5. The Balaban J connectivity index is 0.920. The van der Waals surface area contributed by atoms with Crippen LogP contribution in [-0.4, -0.2) is 0 Å². The molecular weight excluding hydrogens is 921 g/mol. The fourth-order valence-corrected chi connectivity index (χ4v) is 15.1. The first-order valence-corrected chi connectivity index (χ1v) is 26.7. The van der Waals surface area contributed by atoms with Crippen LogP contribution in [0.2, 0.25) is 0 Å². The third-order valence-electron chi connectivity index (χ3n) is 15.8. The van der Waals surface area contributed by atoms with E-state index in [0.29, 0.717) is 0 Å². The molecule has 340 valence electrons. The lowest BCUT2D eigenvalue weighted by Crippen LogP contribution is -2.25. The molecular formula is C69H42N2S2. The van der Waals surface area contributed by atoms with E-state index in [4.69, 9.17) is 0 Å². The number of para-hydroxylation sites is 2. The van der Waals surface area contributed by atoms with Crippen LogP contribution in [0.15, 0.2) is 255 Å². The van der Waals surface area contributed by atoms with Crippen molar-refractivity contribution in [3.63, 3.8) is 0 Å². The molecule has 0 N–H and O–H groups in total. The highest BCUT2D eigenvalue weighted by molar-refractivity contribution is 7.26. The van der Waals surface area contributed by atoms with E-state index in [-0.39, 0.29) is 0 Å². The second kappa shape index (κ2) is 15.6. The number of hydrogen-bond donors (Lipinski definition) is 0. The van der Waals surface area contributed by atoms with Gasteiger partial charge in [-0.25, -0.2) is 0 Å². The van der Waals surface area contributed by atoms with E-state index in [1.54, 1.807) is 0 Å². The Morgan fingerprint density at radius 1 is 0.260 bits per heavy atom. The van der Waals surface area contributed by atoms with Gasteiger partial charge in [0.2, 0.25) is 0 Å². The maximum Gasteiger partial charge on any atom is 0.0725 e. The molecule has 2 aromatic heterocycles. The van der Waals surface area contributed by atoms with E-state index in [9.17, 15) is 0 Å². The van der Waals surface area contributed by atoms with Crippen molar-refractivity contribution in [3.05, 3.63) is 277 Å². The molecule has 0 aliphatic heterocycles. The summed E-state index contributed by atoms with van der Waals surface area (Å²) in [5, 5.41) is 10.1. The summed E-state index contributed by atoms with van der Waals surface area (Å²) in [4.78, 5) is 4.92. The fraction of sp³-hybridized carbons (Fsp3) is 0.0145. The minimum Gasteiger partial charge on any atom is -0.309 e. The highest BCUT2D eigenvalue weighted by atomic mass is 32.1. The first-order valence-electron chi connectivity index (χ1n) is 25.1. The van der Waals surface area contributed by atoms with Crippen molar-refractivity contribution in [2.75, 3.05) is 9.80 Å². The third kappa shape index (κ3) is 5.85. The topological polar surface area (TPSA) is 6.48 Å². The largest absolute Gasteiger partial charge is 0.309 e. The Bertz CT molecular complexity index is 4290. The molecule has 2 aliphatic carbocycles. The van der Waals surface area contributed by atoms with Gasteiger partial charge < -0.3 is 9.80 Å². The van der Waals surface area contributed by atoms with Crippen LogP contribution in [0.5, 0.6) is 0 Å². The van der Waals surface area contributed by atoms with Gasteiger partial charge in [0.15, 0.2) is 0 Å². The van der Waals surface area contributed by atoms with Crippen LogP contribution in [0.4, 0.5) is 34.1 Å². The van der Waals surface area contributed by atoms with Crippen LogP contribution in [0, 0.1) is 0 Å². The maximum absolute atomic E-state index is 2.54. The Morgan fingerprint density at radius 3 is 1.15 bits per heavy atom. The lowest BCUT2D eigenvalue weighted by Gasteiger charge is -2.31. The Hall–Kier alpha value is -8.80. The summed E-state index contributed by atoms with van der Waals surface area (Å²) in [6.45, 7) is 0. The van der Waals surface area contributed by atoms with Crippen LogP contribution in [0.3, 0.4) is 0 Å². The second-order valence-corrected chi connectivity index (χ2v) is 21.7. The van der Waals surface area contributed by atoms with Gasteiger partial charge in [0.25, 0.3) is 0 Å². The molecule has 2 nitrogen and oxygen atoms in total. The monoisotopic (exact) mass is 962 g/mol. The Kier molecular flexibility index (Phi) is 8.74. The average Bonchev–Trinajstić information content (AvgIpc) is 4.20. The molecule has 0 saturated carbocycles. The van der Waals surface area contributed by atoms with Gasteiger partial charge >= 0.3 is 0 Å². The maximum atomic E-state index is 2.54. The van der Waals surface area contributed by atoms with Crippen molar-refractivity contribution in [1.82, 2.24) is 0 Å². The zero-order valence-corrected chi connectivity index (χ0v) is 41.1. The van der Waals surface area contributed by atoms with Crippen molar-refractivity contribution >= 4 is 119 Å². The second-order valence-electron chi connectivity index (χ2n) is 19.5. The molecule has 2 heterocycles. The summed E-state index contributed by atoms with van der Waals surface area (Å²) in [6, 6.07) is 95.4. The number of nitrogens with zero attached hydrogens (tertiary/aromatic N) is 2. The molecule has 16 rings (SSSR count). The van der Waals surface area contributed by atoms with Crippen molar-refractivity contribution in [1.29, 1.82) is 0 Å². The average molecular weight is 963 g/mol. The van der Waals surface area contributed by atoms with E-state index in [0.717, 1.165) is 22.7 Å². The van der Waals surface area contributed by atoms with E-state index in [1.165, 1.54) is 118 Å². The number of hydrogen-bond acceptors (Lipinski definition) is 4. The number of anilines is 6. The third-order valence-corrected chi connectivity index (χ3v) is 18.2. The van der Waals surface area contributed by atoms with E-state index in [1.807, 2.05) is 22.7 Å². The molecule has 1 spiro atoms. The molecule has 4 heteroatoms. The number of fused-ring (bicyclic) bond motifs is 18. The van der Waals surface area contributed by atoms with Crippen LogP contribution < -0.4 is 9.80 Å². The molecule has 0 amide bonds. The quantitative estimate of drug-likeness (QED) is 0.164. The smallest absolute Gasteiger partial charge is 0.0725 e. The first kappa shape index (κ1) is 40.9. The molecule has 73 heavy (non-hydrogen) atoms. The molecule has 0 atom stereocenters. The molecule has 0 unspecified atom stereocenters. The van der Waals surface area contributed by atoms with Crippen molar-refractivity contribution in [3.8, 4) is 22.3 Å². The van der Waals surface area contributed by atoms with E-state index in [2.05, 4.69) is 265 Å². The first-order chi connectivity index (χ1) is 36.2. The predicted octanol–water partition coefficient (Wildman–Crippen LogP) is 20.0. The lowest BCUT2D eigenvalue weighted by atomic mass is 9.70. The molecule has 0 fully saturated rings. The molecule has 0 radical (unpaired) electrons. The summed E-state index contributed by atoms with van der Waals surface area (Å²) >= 11 is 3.75. The zero-order chi connectivity index (χ0) is 47.8. The van der Waals surface area contributed by atoms with Crippen molar-refractivity contribution in [2.45, 2.75) is 5.41 Å². The molecule has 14 aromatic rings. The Morgan fingerprint density at radius 2 is 0.671 bits per heavy atom. The van der Waals surface area contributed by atoms with Gasteiger partial charge in [-0.2, -0.15) is 0 Å². The van der Waals surface area contributed by atoms with Gasteiger partial charge in [-0.05, 0) is 163 Å². The van der Waals surface area contributed by atoms with Gasteiger partial charge in [-0.15, -0.1) is 22.7 Å². The van der Waals surface area contributed by atoms with Gasteiger partial charge in [-0.3, -0.25) is 0 Å². The summed E-state index contributed by atoms with van der Waals surface area (Å²) in [5.41, 5.74) is 16.9. The van der Waals surface area contributed by atoms with Crippen LogP contribution >= 0.6 is 22.7 Å². The van der Waals surface area contributed by atoms with E-state index >= 15 is 0 Å². The van der Waals surface area contributed by atoms with Crippen LogP contribution in [0.25, 0.3) is 84.1 Å². The minimum atomic E-state index is -0.532. The van der Waals surface area contributed by atoms with Crippen molar-refractivity contribution < 1.29 is 0 Å².